The third kappa shape index (κ3) is 4.42. The van der Waals surface area contributed by atoms with Crippen LogP contribution >= 0.6 is 0 Å². The molecular formula is C19H15FN2O4S. The van der Waals surface area contributed by atoms with Crippen LogP contribution in [-0.2, 0) is 10.0 Å². The van der Waals surface area contributed by atoms with Gasteiger partial charge in [-0.1, -0.05) is 18.2 Å². The summed E-state index contributed by atoms with van der Waals surface area (Å²) < 4.78 is 46.5. The van der Waals surface area contributed by atoms with Gasteiger partial charge in [-0.3, -0.25) is 9.52 Å². The first-order valence-electron chi connectivity index (χ1n) is 7.80. The van der Waals surface area contributed by atoms with E-state index in [4.69, 9.17) is 10.5 Å². The van der Waals surface area contributed by atoms with Gasteiger partial charge in [0.05, 0.1) is 10.6 Å². The number of sulfonamides is 1. The molecule has 3 aromatic carbocycles. The second kappa shape index (κ2) is 7.46. The molecule has 0 aromatic heterocycles. The van der Waals surface area contributed by atoms with Crippen LogP contribution in [0.5, 0.6) is 11.5 Å². The average molecular weight is 386 g/mol. The number of halogens is 1. The lowest BCUT2D eigenvalue weighted by Gasteiger charge is -2.13. The van der Waals surface area contributed by atoms with E-state index in [1.165, 1.54) is 48.5 Å². The molecule has 0 heterocycles. The molecule has 27 heavy (non-hydrogen) atoms. The van der Waals surface area contributed by atoms with Crippen LogP contribution in [0.25, 0.3) is 0 Å². The predicted molar refractivity (Wildman–Crippen MR) is 98.7 cm³/mol. The molecule has 0 aliphatic rings. The minimum atomic E-state index is -3.93. The van der Waals surface area contributed by atoms with Gasteiger partial charge >= 0.3 is 0 Å². The van der Waals surface area contributed by atoms with Crippen LogP contribution in [-0.4, -0.2) is 14.3 Å². The van der Waals surface area contributed by atoms with Gasteiger partial charge in [0.25, 0.3) is 10.0 Å². The summed E-state index contributed by atoms with van der Waals surface area (Å²) in [4.78, 5) is 11.1. The molecule has 3 N–H and O–H groups in total. The fourth-order valence-electron chi connectivity index (χ4n) is 2.30. The third-order valence-electron chi connectivity index (χ3n) is 3.60. The fourth-order valence-corrected chi connectivity index (χ4v) is 3.37. The van der Waals surface area contributed by atoms with Crippen LogP contribution in [0, 0.1) is 5.82 Å². The highest BCUT2D eigenvalue weighted by Gasteiger charge is 2.17. The molecule has 0 radical (unpaired) electrons. The highest BCUT2D eigenvalue weighted by molar-refractivity contribution is 7.92. The molecule has 1 amide bonds. The number of carbonyl (C=O) groups is 1. The molecule has 0 atom stereocenters. The van der Waals surface area contributed by atoms with Gasteiger partial charge in [-0.15, -0.1) is 0 Å². The van der Waals surface area contributed by atoms with Crippen LogP contribution in [0.15, 0.2) is 77.7 Å². The first kappa shape index (κ1) is 18.4. The Labute approximate surface area is 155 Å². The molecule has 6 nitrogen and oxygen atoms in total. The van der Waals surface area contributed by atoms with E-state index < -0.39 is 21.7 Å². The van der Waals surface area contributed by atoms with E-state index >= 15 is 0 Å². The normalized spacial score (nSPS) is 11.0. The molecule has 3 rings (SSSR count). The van der Waals surface area contributed by atoms with Crippen molar-refractivity contribution in [3.8, 4) is 11.5 Å². The number of nitrogens with one attached hydrogen (secondary N) is 1. The number of carbonyl (C=O) groups excluding carboxylic acids is 1. The Morgan fingerprint density at radius 3 is 2.33 bits per heavy atom. The summed E-state index contributed by atoms with van der Waals surface area (Å²) in [6.07, 6.45) is 0. The van der Waals surface area contributed by atoms with Crippen LogP contribution in [0.2, 0.25) is 0 Å². The maximum atomic E-state index is 13.3. The van der Waals surface area contributed by atoms with Crippen LogP contribution in [0.1, 0.15) is 10.4 Å². The Kier molecular flexibility index (Phi) is 5.09. The number of rotatable bonds is 6. The standard InChI is InChI=1S/C19H15FN2O4S/c20-14-4-3-5-15(12-14)26-18-7-2-1-6-17(18)22-27(24,25)16-10-8-13(9-11-16)19(21)23/h1-12,22H,(H2,21,23). The highest BCUT2D eigenvalue weighted by atomic mass is 32.2. The molecule has 0 aliphatic heterocycles. The average Bonchev–Trinajstić information content (AvgIpc) is 2.63. The second-order valence-corrected chi connectivity index (χ2v) is 7.23. The molecule has 0 saturated heterocycles. The number of ether oxygens (including phenoxy) is 1. The number of primary amides is 1. The number of anilines is 1. The van der Waals surface area contributed by atoms with E-state index in [1.54, 1.807) is 24.3 Å². The zero-order valence-electron chi connectivity index (χ0n) is 13.9. The summed E-state index contributed by atoms with van der Waals surface area (Å²) in [6.45, 7) is 0. The Hall–Kier alpha value is -3.39. The molecule has 3 aromatic rings. The van der Waals surface area contributed by atoms with Gasteiger partial charge < -0.3 is 10.5 Å². The molecular weight excluding hydrogens is 371 g/mol. The molecule has 0 fully saturated rings. The van der Waals surface area contributed by atoms with Gasteiger partial charge in [-0.2, -0.15) is 0 Å². The van der Waals surface area contributed by atoms with Gasteiger partial charge in [0.15, 0.2) is 5.75 Å². The first-order valence-corrected chi connectivity index (χ1v) is 9.28. The number of benzene rings is 3. The number of hydrogen-bond acceptors (Lipinski definition) is 4. The van der Waals surface area contributed by atoms with Crippen molar-refractivity contribution in [3.05, 3.63) is 84.2 Å². The molecule has 8 heteroatoms. The van der Waals surface area contributed by atoms with Crippen molar-refractivity contribution in [3.63, 3.8) is 0 Å². The number of amides is 1. The highest BCUT2D eigenvalue weighted by Crippen LogP contribution is 2.31. The molecule has 0 bridgehead atoms. The lowest BCUT2D eigenvalue weighted by atomic mass is 10.2. The minimum Gasteiger partial charge on any atom is -0.455 e. The Morgan fingerprint density at radius 1 is 0.963 bits per heavy atom. The minimum absolute atomic E-state index is 0.0481. The quantitative estimate of drug-likeness (QED) is 0.677. The summed E-state index contributed by atoms with van der Waals surface area (Å²) in [7, 11) is -3.93. The smallest absolute Gasteiger partial charge is 0.262 e. The van der Waals surface area contributed by atoms with Gasteiger partial charge in [0.1, 0.15) is 11.6 Å². The summed E-state index contributed by atoms with van der Waals surface area (Å²) >= 11 is 0. The van der Waals surface area contributed by atoms with Gasteiger partial charge in [0, 0.05) is 11.6 Å². The maximum Gasteiger partial charge on any atom is 0.262 e. The first-order chi connectivity index (χ1) is 12.8. The summed E-state index contributed by atoms with van der Waals surface area (Å²) in [6, 6.07) is 17.1. The van der Waals surface area contributed by atoms with Gasteiger partial charge in [-0.05, 0) is 48.5 Å². The lowest BCUT2D eigenvalue weighted by molar-refractivity contribution is 0.1000. The zero-order valence-corrected chi connectivity index (χ0v) is 14.7. The van der Waals surface area contributed by atoms with Crippen molar-refractivity contribution >= 4 is 21.6 Å². The van der Waals surface area contributed by atoms with E-state index in [2.05, 4.69) is 4.72 Å². The molecule has 0 spiro atoms. The van der Waals surface area contributed by atoms with E-state index in [0.717, 1.165) is 0 Å². The summed E-state index contributed by atoms with van der Waals surface area (Å²) in [5.41, 5.74) is 5.53. The van der Waals surface area contributed by atoms with Crippen molar-refractivity contribution in [1.82, 2.24) is 0 Å². The van der Waals surface area contributed by atoms with Gasteiger partial charge in [0.2, 0.25) is 5.91 Å². The molecule has 0 saturated carbocycles. The van der Waals surface area contributed by atoms with Crippen LogP contribution in [0.4, 0.5) is 10.1 Å². The molecule has 0 aliphatic carbocycles. The predicted octanol–water partition coefficient (Wildman–Crippen LogP) is 3.52. The fraction of sp³-hybridized carbons (Fsp3) is 0. The second-order valence-electron chi connectivity index (χ2n) is 5.55. The maximum absolute atomic E-state index is 13.3. The number of hydrogen-bond donors (Lipinski definition) is 2. The Balaban J connectivity index is 1.87. The SMILES string of the molecule is NC(=O)c1ccc(S(=O)(=O)Nc2ccccc2Oc2cccc(F)c2)cc1. The number of para-hydroxylation sites is 2. The monoisotopic (exact) mass is 386 g/mol. The van der Waals surface area contributed by atoms with E-state index in [1.807, 2.05) is 0 Å². The zero-order chi connectivity index (χ0) is 19.4. The van der Waals surface area contributed by atoms with Crippen molar-refractivity contribution in [1.29, 1.82) is 0 Å². The molecule has 0 unspecified atom stereocenters. The Bertz CT molecular complexity index is 1080. The summed E-state index contributed by atoms with van der Waals surface area (Å²) in [5.74, 6) is -0.686. The van der Waals surface area contributed by atoms with E-state index in [0.29, 0.717) is 0 Å². The van der Waals surface area contributed by atoms with E-state index in [9.17, 15) is 17.6 Å². The topological polar surface area (TPSA) is 98.5 Å². The number of nitrogens with two attached hydrogens (primary N) is 1. The van der Waals surface area contributed by atoms with Crippen molar-refractivity contribution in [2.24, 2.45) is 5.73 Å². The van der Waals surface area contributed by atoms with E-state index in [-0.39, 0.29) is 27.6 Å². The summed E-state index contributed by atoms with van der Waals surface area (Å²) in [5, 5.41) is 0. The third-order valence-corrected chi connectivity index (χ3v) is 4.99. The lowest BCUT2D eigenvalue weighted by Crippen LogP contribution is -2.15. The van der Waals surface area contributed by atoms with Crippen LogP contribution in [0.3, 0.4) is 0 Å². The van der Waals surface area contributed by atoms with Crippen LogP contribution < -0.4 is 15.2 Å². The van der Waals surface area contributed by atoms with Crippen molar-refractivity contribution in [2.45, 2.75) is 4.90 Å². The van der Waals surface area contributed by atoms with Crippen molar-refractivity contribution < 1.29 is 22.3 Å². The Morgan fingerprint density at radius 2 is 1.67 bits per heavy atom. The van der Waals surface area contributed by atoms with Gasteiger partial charge in [-0.25, -0.2) is 12.8 Å². The van der Waals surface area contributed by atoms with Crippen molar-refractivity contribution in [2.75, 3.05) is 4.72 Å². The largest absolute Gasteiger partial charge is 0.455 e. The molecule has 138 valence electrons.